The first-order valence-corrected chi connectivity index (χ1v) is 11.4. The zero-order valence-electron chi connectivity index (χ0n) is 18.9. The van der Waals surface area contributed by atoms with Gasteiger partial charge in [0.25, 0.3) is 17.7 Å². The van der Waals surface area contributed by atoms with E-state index in [-0.39, 0.29) is 21.4 Å². The van der Waals surface area contributed by atoms with Crippen LogP contribution in [-0.2, 0) is 14.4 Å². The predicted molar refractivity (Wildman–Crippen MR) is 136 cm³/mol. The number of carbonyl (C=O) groups excluding carboxylic acids is 3. The molecule has 3 amide bonds. The van der Waals surface area contributed by atoms with Crippen LogP contribution in [0.4, 0.5) is 17.1 Å². The first kappa shape index (κ1) is 24.6. The number of anilines is 2. The quantitative estimate of drug-likeness (QED) is 0.196. The van der Waals surface area contributed by atoms with Gasteiger partial charge >= 0.3 is 5.69 Å². The molecule has 0 aliphatic carbocycles. The number of aryl methyl sites for hydroxylation is 1. The SMILES string of the molecule is Cc1ccc(NC(=O)COc2c(Br)cc(/C=C3/C(=O)NN(c4ccccc4)C3=O)cc2[N+](=O)[O-])cc1. The fourth-order valence-electron chi connectivity index (χ4n) is 3.42. The fourth-order valence-corrected chi connectivity index (χ4v) is 4.00. The molecule has 1 saturated heterocycles. The molecule has 0 bridgehead atoms. The van der Waals surface area contributed by atoms with E-state index >= 15 is 0 Å². The summed E-state index contributed by atoms with van der Waals surface area (Å²) in [4.78, 5) is 48.5. The van der Waals surface area contributed by atoms with Gasteiger partial charge in [-0.3, -0.25) is 29.9 Å². The van der Waals surface area contributed by atoms with Gasteiger partial charge in [-0.05, 0) is 64.8 Å². The summed E-state index contributed by atoms with van der Waals surface area (Å²) in [5, 5.41) is 15.5. The molecule has 11 heteroatoms. The van der Waals surface area contributed by atoms with Crippen molar-refractivity contribution in [2.45, 2.75) is 6.92 Å². The molecule has 0 saturated carbocycles. The minimum Gasteiger partial charge on any atom is -0.476 e. The Morgan fingerprint density at radius 1 is 1.14 bits per heavy atom. The lowest BCUT2D eigenvalue weighted by molar-refractivity contribution is -0.385. The van der Waals surface area contributed by atoms with Crippen molar-refractivity contribution in [2.24, 2.45) is 0 Å². The van der Waals surface area contributed by atoms with Gasteiger partial charge in [0.15, 0.2) is 6.61 Å². The summed E-state index contributed by atoms with van der Waals surface area (Å²) in [6.45, 7) is 1.44. The van der Waals surface area contributed by atoms with E-state index < -0.39 is 34.9 Å². The maximum absolute atomic E-state index is 12.8. The van der Waals surface area contributed by atoms with Crippen LogP contribution in [0.25, 0.3) is 6.08 Å². The Morgan fingerprint density at radius 3 is 2.50 bits per heavy atom. The van der Waals surface area contributed by atoms with Crippen LogP contribution in [0.15, 0.2) is 76.8 Å². The molecule has 36 heavy (non-hydrogen) atoms. The maximum atomic E-state index is 12.8. The number of amides is 3. The van der Waals surface area contributed by atoms with Crippen molar-refractivity contribution in [1.82, 2.24) is 5.43 Å². The standard InChI is InChI=1S/C25H19BrN4O6/c1-15-7-9-17(10-8-15)27-22(31)14-36-23-20(26)12-16(13-21(23)30(34)35)11-19-24(32)28-29(25(19)33)18-5-3-2-4-6-18/h2-13H,14H2,1H3,(H,27,31)(H,28,32)/b19-11-. The van der Waals surface area contributed by atoms with Gasteiger partial charge in [0.2, 0.25) is 5.75 Å². The molecule has 182 valence electrons. The Morgan fingerprint density at radius 2 is 1.83 bits per heavy atom. The number of nitrogens with zero attached hydrogens (tertiary/aromatic N) is 2. The Balaban J connectivity index is 1.54. The van der Waals surface area contributed by atoms with Crippen molar-refractivity contribution in [3.8, 4) is 5.75 Å². The summed E-state index contributed by atoms with van der Waals surface area (Å²) in [5.74, 6) is -1.90. The summed E-state index contributed by atoms with van der Waals surface area (Å²) >= 11 is 3.23. The van der Waals surface area contributed by atoms with Gasteiger partial charge in [-0.15, -0.1) is 0 Å². The number of nitro groups is 1. The number of rotatable bonds is 7. The third kappa shape index (κ3) is 5.41. The van der Waals surface area contributed by atoms with Crippen LogP contribution >= 0.6 is 15.9 Å². The van der Waals surface area contributed by atoms with E-state index in [0.29, 0.717) is 11.4 Å². The van der Waals surface area contributed by atoms with Crippen molar-refractivity contribution in [1.29, 1.82) is 0 Å². The van der Waals surface area contributed by atoms with E-state index in [2.05, 4.69) is 26.7 Å². The second kappa shape index (κ2) is 10.4. The van der Waals surface area contributed by atoms with Crippen molar-refractivity contribution in [3.63, 3.8) is 0 Å². The van der Waals surface area contributed by atoms with Gasteiger partial charge < -0.3 is 10.1 Å². The van der Waals surface area contributed by atoms with Crippen LogP contribution in [0.3, 0.4) is 0 Å². The molecule has 10 nitrogen and oxygen atoms in total. The van der Waals surface area contributed by atoms with Crippen LogP contribution in [0.2, 0.25) is 0 Å². The number of hydrogen-bond donors (Lipinski definition) is 2. The number of hydrogen-bond acceptors (Lipinski definition) is 6. The topological polar surface area (TPSA) is 131 Å². The number of hydrazine groups is 1. The highest BCUT2D eigenvalue weighted by molar-refractivity contribution is 9.10. The van der Waals surface area contributed by atoms with Crippen LogP contribution < -0.4 is 20.5 Å². The molecule has 3 aromatic rings. The average Bonchev–Trinajstić information content (AvgIpc) is 3.13. The number of ether oxygens (including phenoxy) is 1. The number of para-hydroxylation sites is 1. The molecule has 0 aromatic heterocycles. The summed E-state index contributed by atoms with van der Waals surface area (Å²) in [6, 6.07) is 18.3. The minimum absolute atomic E-state index is 0.158. The molecule has 4 rings (SSSR count). The zero-order valence-corrected chi connectivity index (χ0v) is 20.4. The predicted octanol–water partition coefficient (Wildman–Crippen LogP) is 4.14. The molecular formula is C25H19BrN4O6. The van der Waals surface area contributed by atoms with E-state index in [1.807, 2.05) is 19.1 Å². The first-order valence-electron chi connectivity index (χ1n) is 10.6. The Kier molecular flexibility index (Phi) is 7.11. The first-order chi connectivity index (χ1) is 17.2. The van der Waals surface area contributed by atoms with Crippen molar-refractivity contribution in [3.05, 3.63) is 98.0 Å². The Labute approximate surface area is 213 Å². The molecule has 2 N–H and O–H groups in total. The third-order valence-electron chi connectivity index (χ3n) is 5.14. The zero-order chi connectivity index (χ0) is 25.8. The fraction of sp³-hybridized carbons (Fsp3) is 0.0800. The molecule has 1 aliphatic rings. The van der Waals surface area contributed by atoms with Crippen molar-refractivity contribution >= 4 is 56.8 Å². The molecule has 1 aliphatic heterocycles. The number of nitrogens with one attached hydrogen (secondary N) is 2. The monoisotopic (exact) mass is 550 g/mol. The van der Waals surface area contributed by atoms with E-state index in [1.54, 1.807) is 42.5 Å². The minimum atomic E-state index is -0.674. The number of nitro benzene ring substituents is 1. The Bertz CT molecular complexity index is 1390. The lowest BCUT2D eigenvalue weighted by atomic mass is 10.1. The van der Waals surface area contributed by atoms with Crippen molar-refractivity contribution < 1.29 is 24.0 Å². The summed E-state index contributed by atoms with van der Waals surface area (Å²) < 4.78 is 5.63. The number of benzene rings is 3. The van der Waals surface area contributed by atoms with Gasteiger partial charge in [0.05, 0.1) is 15.1 Å². The van der Waals surface area contributed by atoms with Gasteiger partial charge in [0.1, 0.15) is 5.57 Å². The van der Waals surface area contributed by atoms with Crippen LogP contribution in [0, 0.1) is 17.0 Å². The maximum Gasteiger partial charge on any atom is 0.312 e. The van der Waals surface area contributed by atoms with Crippen molar-refractivity contribution in [2.75, 3.05) is 16.9 Å². The summed E-state index contributed by atoms with van der Waals surface area (Å²) in [5.41, 5.74) is 4.13. The van der Waals surface area contributed by atoms with Gasteiger partial charge in [0, 0.05) is 11.8 Å². The second-order valence-corrected chi connectivity index (χ2v) is 8.64. The highest BCUT2D eigenvalue weighted by Crippen LogP contribution is 2.37. The molecule has 0 radical (unpaired) electrons. The highest BCUT2D eigenvalue weighted by Gasteiger charge is 2.34. The lowest BCUT2D eigenvalue weighted by Gasteiger charge is -2.13. The molecule has 1 fully saturated rings. The van der Waals surface area contributed by atoms with E-state index in [1.165, 1.54) is 12.1 Å². The molecule has 0 spiro atoms. The highest BCUT2D eigenvalue weighted by atomic mass is 79.9. The van der Waals surface area contributed by atoms with Gasteiger partial charge in [-0.1, -0.05) is 35.9 Å². The van der Waals surface area contributed by atoms with E-state index in [4.69, 9.17) is 4.74 Å². The summed E-state index contributed by atoms with van der Waals surface area (Å²) in [7, 11) is 0. The second-order valence-electron chi connectivity index (χ2n) is 7.79. The molecule has 1 heterocycles. The average molecular weight is 551 g/mol. The normalized spacial score (nSPS) is 14.1. The number of halogens is 1. The molecule has 0 atom stereocenters. The van der Waals surface area contributed by atoms with Crippen LogP contribution in [0.1, 0.15) is 11.1 Å². The third-order valence-corrected chi connectivity index (χ3v) is 5.73. The summed E-state index contributed by atoms with van der Waals surface area (Å²) in [6.07, 6.45) is 1.26. The lowest BCUT2D eigenvalue weighted by Crippen LogP contribution is -2.35. The molecule has 3 aromatic carbocycles. The van der Waals surface area contributed by atoms with Crippen LogP contribution in [0.5, 0.6) is 5.75 Å². The molecular weight excluding hydrogens is 532 g/mol. The van der Waals surface area contributed by atoms with Crippen LogP contribution in [-0.4, -0.2) is 29.3 Å². The largest absolute Gasteiger partial charge is 0.476 e. The van der Waals surface area contributed by atoms with Gasteiger partial charge in [-0.25, -0.2) is 5.01 Å². The number of carbonyl (C=O) groups is 3. The van der Waals surface area contributed by atoms with E-state index in [9.17, 15) is 24.5 Å². The van der Waals surface area contributed by atoms with E-state index in [0.717, 1.165) is 16.6 Å². The Hall–Kier alpha value is -4.51. The van der Waals surface area contributed by atoms with Gasteiger partial charge in [-0.2, -0.15) is 0 Å². The molecule has 0 unspecified atom stereocenters. The smallest absolute Gasteiger partial charge is 0.312 e.